The van der Waals surface area contributed by atoms with Crippen molar-refractivity contribution in [3.63, 3.8) is 0 Å². The van der Waals surface area contributed by atoms with Gasteiger partial charge in [-0.3, -0.25) is 9.59 Å². The van der Waals surface area contributed by atoms with Gasteiger partial charge in [0.2, 0.25) is 0 Å². The highest BCUT2D eigenvalue weighted by Gasteiger charge is 2.22. The Morgan fingerprint density at radius 1 is 0.778 bits per heavy atom. The van der Waals surface area contributed by atoms with E-state index in [0.29, 0.717) is 6.42 Å². The van der Waals surface area contributed by atoms with E-state index >= 15 is 0 Å². The highest BCUT2D eigenvalue weighted by atomic mass is 16.5. The summed E-state index contributed by atoms with van der Waals surface area (Å²) in [5, 5.41) is 8.94. The summed E-state index contributed by atoms with van der Waals surface area (Å²) in [5.74, 6) is -1.90. The molecule has 0 rings (SSSR count). The van der Waals surface area contributed by atoms with Crippen LogP contribution in [0.2, 0.25) is 0 Å². The SMILES string of the molecule is C=CCCCCCCCCCCCCCCC(CC(=O)O)C(=O)OCC=C. The van der Waals surface area contributed by atoms with Crippen LogP contribution in [-0.2, 0) is 14.3 Å². The van der Waals surface area contributed by atoms with Crippen LogP contribution in [-0.4, -0.2) is 23.7 Å². The number of rotatable bonds is 20. The first-order valence-corrected chi connectivity index (χ1v) is 10.7. The number of carbonyl (C=O) groups excluding carboxylic acids is 1. The number of esters is 1. The number of ether oxygens (including phenoxy) is 1. The van der Waals surface area contributed by atoms with Crippen LogP contribution in [0, 0.1) is 5.92 Å². The zero-order valence-electron chi connectivity index (χ0n) is 17.1. The Kier molecular flexibility index (Phi) is 18.1. The van der Waals surface area contributed by atoms with Crippen molar-refractivity contribution in [1.82, 2.24) is 0 Å². The standard InChI is InChI=1S/C23H40O4/c1-3-5-6-7-8-9-10-11-12-13-14-15-16-17-18-21(20-22(24)25)23(26)27-19-4-2/h3-4,21H,1-2,5-20H2,(H,24,25). The van der Waals surface area contributed by atoms with Gasteiger partial charge < -0.3 is 9.84 Å². The number of hydrogen-bond acceptors (Lipinski definition) is 3. The molecule has 0 spiro atoms. The first kappa shape index (κ1) is 25.4. The molecular formula is C23H40O4. The van der Waals surface area contributed by atoms with Crippen LogP contribution >= 0.6 is 0 Å². The number of aliphatic carboxylic acids is 1. The zero-order valence-corrected chi connectivity index (χ0v) is 17.1. The van der Waals surface area contributed by atoms with Crippen LogP contribution in [0.15, 0.2) is 25.3 Å². The first-order chi connectivity index (χ1) is 13.1. The average Bonchev–Trinajstić information content (AvgIpc) is 2.65. The van der Waals surface area contributed by atoms with Crippen molar-refractivity contribution in [2.45, 2.75) is 96.3 Å². The van der Waals surface area contributed by atoms with Crippen LogP contribution in [0.25, 0.3) is 0 Å². The van der Waals surface area contributed by atoms with E-state index in [1.165, 1.54) is 63.9 Å². The molecule has 0 aliphatic heterocycles. The van der Waals surface area contributed by atoms with Gasteiger partial charge >= 0.3 is 11.9 Å². The van der Waals surface area contributed by atoms with Crippen LogP contribution in [0.5, 0.6) is 0 Å². The lowest BCUT2D eigenvalue weighted by Gasteiger charge is -2.13. The van der Waals surface area contributed by atoms with Gasteiger partial charge in [0.1, 0.15) is 6.61 Å². The lowest BCUT2D eigenvalue weighted by Crippen LogP contribution is -2.21. The fraction of sp³-hybridized carbons (Fsp3) is 0.739. The molecule has 1 N–H and O–H groups in total. The molecule has 0 heterocycles. The van der Waals surface area contributed by atoms with Crippen molar-refractivity contribution in [3.05, 3.63) is 25.3 Å². The van der Waals surface area contributed by atoms with Crippen LogP contribution < -0.4 is 0 Å². The zero-order chi connectivity index (χ0) is 20.2. The van der Waals surface area contributed by atoms with Gasteiger partial charge in [-0.2, -0.15) is 0 Å². The smallest absolute Gasteiger partial charge is 0.309 e. The van der Waals surface area contributed by atoms with Crippen molar-refractivity contribution in [2.24, 2.45) is 5.92 Å². The maximum absolute atomic E-state index is 11.9. The molecular weight excluding hydrogens is 340 g/mol. The van der Waals surface area contributed by atoms with E-state index in [1.807, 2.05) is 6.08 Å². The molecule has 4 heteroatoms. The molecule has 0 radical (unpaired) electrons. The number of carboxylic acid groups (broad SMARTS) is 1. The number of carboxylic acids is 1. The van der Waals surface area contributed by atoms with Crippen molar-refractivity contribution in [3.8, 4) is 0 Å². The Bertz CT molecular complexity index is 403. The maximum atomic E-state index is 11.9. The molecule has 0 amide bonds. The summed E-state index contributed by atoms with van der Waals surface area (Å²) >= 11 is 0. The van der Waals surface area contributed by atoms with Gasteiger partial charge in [0.25, 0.3) is 0 Å². The molecule has 0 aromatic carbocycles. The van der Waals surface area contributed by atoms with E-state index in [-0.39, 0.29) is 13.0 Å². The number of allylic oxidation sites excluding steroid dienone is 1. The molecule has 0 saturated carbocycles. The number of hydrogen-bond donors (Lipinski definition) is 1. The lowest BCUT2D eigenvalue weighted by molar-refractivity contribution is -0.152. The predicted molar refractivity (Wildman–Crippen MR) is 112 cm³/mol. The van der Waals surface area contributed by atoms with Gasteiger partial charge in [0.15, 0.2) is 0 Å². The third-order valence-corrected chi connectivity index (χ3v) is 4.81. The summed E-state index contributed by atoms with van der Waals surface area (Å²) < 4.78 is 5.00. The number of unbranched alkanes of at least 4 members (excludes halogenated alkanes) is 12. The van der Waals surface area contributed by atoms with E-state index in [1.54, 1.807) is 0 Å². The molecule has 0 fully saturated rings. The quantitative estimate of drug-likeness (QED) is 0.150. The third-order valence-electron chi connectivity index (χ3n) is 4.81. The summed E-state index contributed by atoms with van der Waals surface area (Å²) in [5.41, 5.74) is 0. The maximum Gasteiger partial charge on any atom is 0.309 e. The van der Waals surface area contributed by atoms with Crippen LogP contribution in [0.4, 0.5) is 0 Å². The molecule has 0 bridgehead atoms. The van der Waals surface area contributed by atoms with E-state index in [0.717, 1.165) is 25.7 Å². The van der Waals surface area contributed by atoms with Gasteiger partial charge in [0.05, 0.1) is 12.3 Å². The molecule has 1 atom stereocenters. The molecule has 1 unspecified atom stereocenters. The summed E-state index contributed by atoms with van der Waals surface area (Å²) in [6, 6.07) is 0. The van der Waals surface area contributed by atoms with Crippen molar-refractivity contribution in [1.29, 1.82) is 0 Å². The predicted octanol–water partition coefficient (Wildman–Crippen LogP) is 6.45. The highest BCUT2D eigenvalue weighted by Crippen LogP contribution is 2.18. The minimum absolute atomic E-state index is 0.143. The monoisotopic (exact) mass is 380 g/mol. The van der Waals surface area contributed by atoms with Gasteiger partial charge in [-0.15, -0.1) is 6.58 Å². The first-order valence-electron chi connectivity index (χ1n) is 10.7. The van der Waals surface area contributed by atoms with Gasteiger partial charge in [-0.25, -0.2) is 0 Å². The molecule has 0 aromatic rings. The van der Waals surface area contributed by atoms with Gasteiger partial charge in [-0.1, -0.05) is 89.4 Å². The van der Waals surface area contributed by atoms with Crippen molar-refractivity contribution in [2.75, 3.05) is 6.61 Å². The molecule has 4 nitrogen and oxygen atoms in total. The Balaban J connectivity index is 3.56. The summed E-state index contributed by atoms with van der Waals surface area (Å²) in [7, 11) is 0. The largest absolute Gasteiger partial charge is 0.481 e. The number of carbonyl (C=O) groups is 2. The summed E-state index contributed by atoms with van der Waals surface area (Å²) in [6.07, 6.45) is 20.0. The Morgan fingerprint density at radius 2 is 1.26 bits per heavy atom. The fourth-order valence-corrected chi connectivity index (χ4v) is 3.22. The van der Waals surface area contributed by atoms with Crippen molar-refractivity contribution < 1.29 is 19.4 Å². The molecule has 27 heavy (non-hydrogen) atoms. The topological polar surface area (TPSA) is 63.6 Å². The van der Waals surface area contributed by atoms with E-state index in [4.69, 9.17) is 9.84 Å². The summed E-state index contributed by atoms with van der Waals surface area (Å²) in [4.78, 5) is 22.8. The minimum atomic E-state index is -0.948. The average molecular weight is 381 g/mol. The van der Waals surface area contributed by atoms with Gasteiger partial charge in [0, 0.05) is 0 Å². The Hall–Kier alpha value is -1.58. The normalized spacial score (nSPS) is 11.7. The van der Waals surface area contributed by atoms with E-state index in [9.17, 15) is 9.59 Å². The second-order valence-corrected chi connectivity index (χ2v) is 7.32. The lowest BCUT2D eigenvalue weighted by atomic mass is 9.97. The minimum Gasteiger partial charge on any atom is -0.481 e. The Labute approximate surface area is 166 Å². The summed E-state index contributed by atoms with van der Waals surface area (Å²) in [6.45, 7) is 7.39. The highest BCUT2D eigenvalue weighted by molar-refractivity contribution is 5.79. The van der Waals surface area contributed by atoms with Crippen molar-refractivity contribution >= 4 is 11.9 Å². The molecule has 0 aromatic heterocycles. The van der Waals surface area contributed by atoms with Gasteiger partial charge in [-0.05, 0) is 19.3 Å². The molecule has 156 valence electrons. The molecule has 0 aliphatic rings. The molecule has 0 saturated heterocycles. The van der Waals surface area contributed by atoms with E-state index in [2.05, 4.69) is 13.2 Å². The second kappa shape index (κ2) is 19.2. The second-order valence-electron chi connectivity index (χ2n) is 7.32. The Morgan fingerprint density at radius 3 is 1.70 bits per heavy atom. The van der Waals surface area contributed by atoms with Crippen LogP contribution in [0.3, 0.4) is 0 Å². The third kappa shape index (κ3) is 17.6. The van der Waals surface area contributed by atoms with E-state index < -0.39 is 17.9 Å². The molecule has 0 aliphatic carbocycles. The fourth-order valence-electron chi connectivity index (χ4n) is 3.22. The van der Waals surface area contributed by atoms with Crippen LogP contribution in [0.1, 0.15) is 96.3 Å².